The van der Waals surface area contributed by atoms with Gasteiger partial charge in [-0.15, -0.1) is 13.2 Å². The van der Waals surface area contributed by atoms with Crippen molar-refractivity contribution in [1.29, 1.82) is 0 Å². The van der Waals surface area contributed by atoms with Crippen LogP contribution in [0.15, 0.2) is 0 Å². The van der Waals surface area contributed by atoms with Crippen LogP contribution in [0.2, 0.25) is 0 Å². The van der Waals surface area contributed by atoms with Gasteiger partial charge >= 0.3 is 6.36 Å². The highest BCUT2D eigenvalue weighted by Crippen LogP contribution is 2.15. The Kier molecular flexibility index (Phi) is 6.07. The Bertz CT molecular complexity index is 125. The Morgan fingerprint density at radius 3 is 2.31 bits per heavy atom. The van der Waals surface area contributed by atoms with Crippen molar-refractivity contribution in [3.63, 3.8) is 0 Å². The van der Waals surface area contributed by atoms with Gasteiger partial charge in [0, 0.05) is 6.54 Å². The van der Waals surface area contributed by atoms with Gasteiger partial charge in [0.05, 0.1) is 6.61 Å². The van der Waals surface area contributed by atoms with Crippen LogP contribution in [0.3, 0.4) is 0 Å². The monoisotopic (exact) mass is 199 g/mol. The van der Waals surface area contributed by atoms with E-state index in [2.05, 4.69) is 23.9 Å². The third kappa shape index (κ3) is 11.7. The molecule has 5 heteroatoms. The predicted molar refractivity (Wildman–Crippen MR) is 44.3 cm³/mol. The number of nitrogens with one attached hydrogen (secondary N) is 1. The second kappa shape index (κ2) is 6.21. The minimum Gasteiger partial charge on any atom is -0.314 e. The van der Waals surface area contributed by atoms with Crippen LogP contribution in [-0.4, -0.2) is 26.1 Å². The highest BCUT2D eigenvalue weighted by Gasteiger charge is 2.28. The van der Waals surface area contributed by atoms with Gasteiger partial charge in [0.25, 0.3) is 0 Å². The summed E-state index contributed by atoms with van der Waals surface area (Å²) >= 11 is 0. The summed E-state index contributed by atoms with van der Waals surface area (Å²) in [5, 5.41) is 2.86. The first kappa shape index (κ1) is 12.7. The van der Waals surface area contributed by atoms with Crippen LogP contribution < -0.4 is 5.32 Å². The molecule has 0 aliphatic heterocycles. The molecule has 0 rings (SSSR count). The average Bonchev–Trinajstić information content (AvgIpc) is 1.93. The molecular formula is C8H16F3NO. The molecule has 0 spiro atoms. The van der Waals surface area contributed by atoms with Gasteiger partial charge in [0.15, 0.2) is 0 Å². The lowest BCUT2D eigenvalue weighted by Crippen LogP contribution is -2.25. The molecule has 0 saturated carbocycles. The molecular weight excluding hydrogens is 183 g/mol. The van der Waals surface area contributed by atoms with Crippen LogP contribution in [0.1, 0.15) is 20.3 Å². The molecule has 0 radical (unpaired) electrons. The maximum atomic E-state index is 11.4. The third-order valence-corrected chi connectivity index (χ3v) is 1.44. The van der Waals surface area contributed by atoms with Gasteiger partial charge < -0.3 is 5.32 Å². The first-order chi connectivity index (χ1) is 5.92. The van der Waals surface area contributed by atoms with E-state index in [1.54, 1.807) is 0 Å². The molecule has 0 aromatic carbocycles. The Morgan fingerprint density at radius 2 is 1.85 bits per heavy atom. The van der Waals surface area contributed by atoms with Crippen LogP contribution in [0, 0.1) is 5.92 Å². The van der Waals surface area contributed by atoms with Crippen LogP contribution >= 0.6 is 0 Å². The Labute approximate surface area is 76.5 Å². The van der Waals surface area contributed by atoms with Crippen molar-refractivity contribution in [2.45, 2.75) is 26.6 Å². The van der Waals surface area contributed by atoms with E-state index in [1.165, 1.54) is 0 Å². The lowest BCUT2D eigenvalue weighted by atomic mass is 10.1. The summed E-state index contributed by atoms with van der Waals surface area (Å²) in [6.07, 6.45) is -3.54. The zero-order valence-corrected chi connectivity index (χ0v) is 7.95. The number of hydrogen-bond acceptors (Lipinski definition) is 2. The average molecular weight is 199 g/mol. The molecule has 0 aromatic rings. The molecule has 13 heavy (non-hydrogen) atoms. The number of halogens is 3. The minimum atomic E-state index is -4.50. The molecule has 0 amide bonds. The molecule has 0 unspecified atom stereocenters. The van der Waals surface area contributed by atoms with E-state index < -0.39 is 6.36 Å². The summed E-state index contributed by atoms with van der Waals surface area (Å²) in [7, 11) is 0. The van der Waals surface area contributed by atoms with Crippen molar-refractivity contribution in [1.82, 2.24) is 5.32 Å². The number of ether oxygens (including phenoxy) is 1. The quantitative estimate of drug-likeness (QED) is 0.662. The number of alkyl halides is 3. The normalized spacial score (nSPS) is 12.5. The minimum absolute atomic E-state index is 0.242. The van der Waals surface area contributed by atoms with Crippen LogP contribution in [0.4, 0.5) is 13.2 Å². The molecule has 0 atom stereocenters. The van der Waals surface area contributed by atoms with Crippen LogP contribution in [0.25, 0.3) is 0 Å². The van der Waals surface area contributed by atoms with Crippen LogP contribution in [0.5, 0.6) is 0 Å². The van der Waals surface area contributed by atoms with E-state index in [1.807, 2.05) is 0 Å². The zero-order valence-electron chi connectivity index (χ0n) is 7.95. The van der Waals surface area contributed by atoms with E-state index >= 15 is 0 Å². The molecule has 80 valence electrons. The SMILES string of the molecule is CC(C)CCNCCOC(F)(F)F. The van der Waals surface area contributed by atoms with Crippen molar-refractivity contribution in [2.75, 3.05) is 19.7 Å². The van der Waals surface area contributed by atoms with Crippen molar-refractivity contribution in [2.24, 2.45) is 5.92 Å². The van der Waals surface area contributed by atoms with Crippen molar-refractivity contribution < 1.29 is 17.9 Å². The first-order valence-electron chi connectivity index (χ1n) is 4.33. The maximum absolute atomic E-state index is 11.4. The fourth-order valence-corrected chi connectivity index (χ4v) is 0.755. The van der Waals surface area contributed by atoms with Gasteiger partial charge in [0.1, 0.15) is 0 Å². The third-order valence-electron chi connectivity index (χ3n) is 1.44. The summed E-state index contributed by atoms with van der Waals surface area (Å²) < 4.78 is 37.9. The summed E-state index contributed by atoms with van der Waals surface area (Å²) in [5.74, 6) is 0.566. The van der Waals surface area contributed by atoms with Gasteiger partial charge in [0.2, 0.25) is 0 Å². The molecule has 0 bridgehead atoms. The summed E-state index contributed by atoms with van der Waals surface area (Å²) in [4.78, 5) is 0. The van der Waals surface area contributed by atoms with Gasteiger partial charge in [-0.3, -0.25) is 4.74 Å². The summed E-state index contributed by atoms with van der Waals surface area (Å²) in [6, 6.07) is 0. The van der Waals surface area contributed by atoms with Crippen molar-refractivity contribution in [3.05, 3.63) is 0 Å². The molecule has 0 saturated heterocycles. The highest BCUT2D eigenvalue weighted by atomic mass is 19.4. The lowest BCUT2D eigenvalue weighted by molar-refractivity contribution is -0.323. The van der Waals surface area contributed by atoms with Gasteiger partial charge in [-0.1, -0.05) is 13.8 Å². The molecule has 2 nitrogen and oxygen atoms in total. The van der Waals surface area contributed by atoms with Crippen molar-refractivity contribution >= 4 is 0 Å². The molecule has 0 heterocycles. The van der Waals surface area contributed by atoms with E-state index in [4.69, 9.17) is 0 Å². The van der Waals surface area contributed by atoms with E-state index in [-0.39, 0.29) is 13.2 Å². The Hall–Kier alpha value is -0.290. The van der Waals surface area contributed by atoms with E-state index in [0.717, 1.165) is 13.0 Å². The van der Waals surface area contributed by atoms with Crippen molar-refractivity contribution in [3.8, 4) is 0 Å². The topological polar surface area (TPSA) is 21.3 Å². The fourth-order valence-electron chi connectivity index (χ4n) is 0.755. The maximum Gasteiger partial charge on any atom is 0.522 e. The molecule has 0 aliphatic rings. The first-order valence-corrected chi connectivity index (χ1v) is 4.33. The second-order valence-corrected chi connectivity index (χ2v) is 3.23. The highest BCUT2D eigenvalue weighted by molar-refractivity contribution is 4.50. The molecule has 0 aliphatic carbocycles. The lowest BCUT2D eigenvalue weighted by Gasteiger charge is -2.09. The zero-order chi connectivity index (χ0) is 10.3. The predicted octanol–water partition coefficient (Wildman–Crippen LogP) is 2.16. The Balaban J connectivity index is 3.09. The fraction of sp³-hybridized carbons (Fsp3) is 1.00. The van der Waals surface area contributed by atoms with Gasteiger partial charge in [-0.05, 0) is 18.9 Å². The van der Waals surface area contributed by atoms with E-state index in [0.29, 0.717) is 5.92 Å². The van der Waals surface area contributed by atoms with Gasteiger partial charge in [-0.2, -0.15) is 0 Å². The summed E-state index contributed by atoms with van der Waals surface area (Å²) in [5.41, 5.74) is 0. The standard InChI is InChI=1S/C8H16F3NO/c1-7(2)3-4-12-5-6-13-8(9,10)11/h7,12H,3-6H2,1-2H3. The second-order valence-electron chi connectivity index (χ2n) is 3.23. The van der Waals surface area contributed by atoms with E-state index in [9.17, 15) is 13.2 Å². The molecule has 0 aromatic heterocycles. The van der Waals surface area contributed by atoms with Crippen LogP contribution in [-0.2, 0) is 4.74 Å². The smallest absolute Gasteiger partial charge is 0.314 e. The number of hydrogen-bond donors (Lipinski definition) is 1. The van der Waals surface area contributed by atoms with Gasteiger partial charge in [-0.25, -0.2) is 0 Å². The summed E-state index contributed by atoms with van der Waals surface area (Å²) in [6.45, 7) is 4.79. The Morgan fingerprint density at radius 1 is 1.23 bits per heavy atom. The molecule has 0 fully saturated rings. The largest absolute Gasteiger partial charge is 0.522 e. The molecule has 1 N–H and O–H groups in total. The number of rotatable bonds is 6.